The fraction of sp³-hybridized carbons (Fsp3) is 0.867. The Balaban J connectivity index is 0. The van der Waals surface area contributed by atoms with Gasteiger partial charge in [0.25, 0.3) is 0 Å². The Bertz CT molecular complexity index is 181. The fourth-order valence-electron chi connectivity index (χ4n) is 1.41. The van der Waals surface area contributed by atoms with Crippen LogP contribution in [0, 0.1) is 5.92 Å². The van der Waals surface area contributed by atoms with Crippen molar-refractivity contribution < 1.29 is 0 Å². The molecule has 0 amide bonds. The summed E-state index contributed by atoms with van der Waals surface area (Å²) < 4.78 is 2.22. The average molecular weight is 275 g/mol. The quantitative estimate of drug-likeness (QED) is 0.465. The molecular weight excluding hydrogens is 240 g/mol. The molecule has 0 spiro atoms. The van der Waals surface area contributed by atoms with Crippen LogP contribution in [0.1, 0.15) is 53.4 Å². The maximum atomic E-state index is 4.09. The predicted molar refractivity (Wildman–Crippen MR) is 87.9 cm³/mol. The third-order valence-corrected chi connectivity index (χ3v) is 3.77. The van der Waals surface area contributed by atoms with Crippen LogP contribution in [-0.2, 0) is 0 Å². The van der Waals surface area contributed by atoms with E-state index in [1.54, 1.807) is 0 Å². The van der Waals surface area contributed by atoms with E-state index in [1.807, 2.05) is 32.8 Å². The molecule has 0 bridgehead atoms. The van der Waals surface area contributed by atoms with Gasteiger partial charge in [0, 0.05) is 18.5 Å². The molecule has 0 heterocycles. The number of unbranched alkanes of at least 4 members (excludes halogenated alkanes) is 3. The third kappa shape index (κ3) is 12.3. The molecule has 0 saturated carbocycles. The van der Waals surface area contributed by atoms with Crippen molar-refractivity contribution >= 4 is 11.9 Å². The van der Waals surface area contributed by atoms with Gasteiger partial charge in [0.2, 0.25) is 0 Å². The Hall–Kier alpha value is -0.150. The van der Waals surface area contributed by atoms with Crippen molar-refractivity contribution in [2.45, 2.75) is 53.4 Å². The molecule has 0 rings (SSSR count). The summed E-state index contributed by atoms with van der Waals surface area (Å²) in [5, 5.41) is 3.18. The van der Waals surface area contributed by atoms with Crippen LogP contribution in [0.4, 0.5) is 0 Å². The number of rotatable bonds is 10. The van der Waals surface area contributed by atoms with E-state index in [4.69, 9.17) is 0 Å². The van der Waals surface area contributed by atoms with E-state index in [1.165, 1.54) is 37.1 Å². The minimum Gasteiger partial charge on any atom is -0.323 e. The van der Waals surface area contributed by atoms with E-state index < -0.39 is 0 Å². The van der Waals surface area contributed by atoms with Gasteiger partial charge in [0.1, 0.15) is 0 Å². The highest BCUT2D eigenvalue weighted by Gasteiger charge is 2.06. The van der Waals surface area contributed by atoms with Crippen molar-refractivity contribution in [2.24, 2.45) is 5.92 Å². The smallest absolute Gasteiger partial charge is 0.0192 e. The first-order valence-electron chi connectivity index (χ1n) is 7.29. The molecule has 0 aliphatic rings. The second-order valence-corrected chi connectivity index (χ2v) is 5.71. The zero-order valence-electron chi connectivity index (χ0n) is 13.4. The Morgan fingerprint density at radius 2 is 1.72 bits per heavy atom. The van der Waals surface area contributed by atoms with Crippen LogP contribution >= 0.6 is 11.9 Å². The molecule has 2 nitrogen and oxygen atoms in total. The van der Waals surface area contributed by atoms with Crippen LogP contribution in [-0.4, -0.2) is 30.7 Å². The van der Waals surface area contributed by atoms with Gasteiger partial charge in [-0.05, 0) is 32.4 Å². The van der Waals surface area contributed by atoms with E-state index in [9.17, 15) is 0 Å². The van der Waals surface area contributed by atoms with Crippen molar-refractivity contribution in [3.63, 3.8) is 0 Å². The lowest BCUT2D eigenvalue weighted by Crippen LogP contribution is -2.13. The van der Waals surface area contributed by atoms with E-state index in [0.717, 1.165) is 6.54 Å². The second-order valence-electron chi connectivity index (χ2n) is 4.49. The summed E-state index contributed by atoms with van der Waals surface area (Å²) in [6.07, 6.45) is 5.30. The van der Waals surface area contributed by atoms with Crippen molar-refractivity contribution in [2.75, 3.05) is 26.4 Å². The fourth-order valence-corrected chi connectivity index (χ4v) is 2.39. The van der Waals surface area contributed by atoms with Crippen LogP contribution in [0.25, 0.3) is 0 Å². The second kappa shape index (κ2) is 14.9. The standard InChI is InChI=1S/C13H28N2S.C2H6/c1-12(2)13(3)15(5)16-11-9-7-6-8-10-14-4;1-2/h12,14H,3,6-11H2,1-2,4-5H3;1-2H3. The first-order chi connectivity index (χ1) is 8.59. The van der Waals surface area contributed by atoms with Gasteiger partial charge in [-0.25, -0.2) is 0 Å². The number of hydrogen-bond donors (Lipinski definition) is 1. The summed E-state index contributed by atoms with van der Waals surface area (Å²) in [7, 11) is 4.14. The largest absolute Gasteiger partial charge is 0.323 e. The minimum atomic E-state index is 0.549. The van der Waals surface area contributed by atoms with Gasteiger partial charge in [-0.3, -0.25) is 0 Å². The number of nitrogens with zero attached hydrogens (tertiary/aromatic N) is 1. The molecule has 0 unspecified atom stereocenters. The van der Waals surface area contributed by atoms with Crippen LogP contribution in [0.15, 0.2) is 12.3 Å². The molecule has 0 aliphatic carbocycles. The maximum absolute atomic E-state index is 4.09. The van der Waals surface area contributed by atoms with E-state index in [0.29, 0.717) is 5.92 Å². The molecule has 0 aromatic heterocycles. The first kappa shape index (κ1) is 20.2. The summed E-state index contributed by atoms with van der Waals surface area (Å²) in [6.45, 7) is 13.6. The van der Waals surface area contributed by atoms with Crippen LogP contribution in [0.5, 0.6) is 0 Å². The lowest BCUT2D eigenvalue weighted by Gasteiger charge is -2.22. The SMILES string of the molecule is C=C(C(C)C)N(C)SCCCCCCNC.CC. The summed E-state index contributed by atoms with van der Waals surface area (Å²) in [5.41, 5.74) is 1.22. The maximum Gasteiger partial charge on any atom is 0.0192 e. The van der Waals surface area contributed by atoms with Gasteiger partial charge in [0.05, 0.1) is 0 Å². The van der Waals surface area contributed by atoms with Crippen molar-refractivity contribution in [3.8, 4) is 0 Å². The van der Waals surface area contributed by atoms with Gasteiger partial charge >= 0.3 is 0 Å². The Morgan fingerprint density at radius 1 is 1.17 bits per heavy atom. The summed E-state index contributed by atoms with van der Waals surface area (Å²) >= 11 is 1.89. The van der Waals surface area contributed by atoms with Crippen LogP contribution in [0.3, 0.4) is 0 Å². The van der Waals surface area contributed by atoms with Gasteiger partial charge in [-0.15, -0.1) is 0 Å². The Kier molecular flexibility index (Phi) is 16.7. The van der Waals surface area contributed by atoms with E-state index >= 15 is 0 Å². The first-order valence-corrected chi connectivity index (χ1v) is 8.24. The molecular formula is C15H34N2S. The Morgan fingerprint density at radius 3 is 2.22 bits per heavy atom. The summed E-state index contributed by atoms with van der Waals surface area (Å²) in [5.74, 6) is 1.76. The zero-order valence-corrected chi connectivity index (χ0v) is 14.2. The average Bonchev–Trinajstić information content (AvgIpc) is 2.38. The highest BCUT2D eigenvalue weighted by atomic mass is 32.2. The van der Waals surface area contributed by atoms with Gasteiger partial charge in [-0.2, -0.15) is 0 Å². The van der Waals surface area contributed by atoms with Crippen molar-refractivity contribution in [1.82, 2.24) is 9.62 Å². The lowest BCUT2D eigenvalue weighted by atomic mass is 10.2. The molecule has 3 heteroatoms. The van der Waals surface area contributed by atoms with E-state index in [2.05, 4.69) is 37.1 Å². The molecule has 0 atom stereocenters. The predicted octanol–water partition coefficient (Wildman–Crippen LogP) is 4.54. The van der Waals surface area contributed by atoms with Gasteiger partial charge < -0.3 is 9.62 Å². The summed E-state index contributed by atoms with van der Waals surface area (Å²) in [6, 6.07) is 0. The molecule has 0 fully saturated rings. The van der Waals surface area contributed by atoms with E-state index in [-0.39, 0.29) is 0 Å². The van der Waals surface area contributed by atoms with Crippen molar-refractivity contribution in [3.05, 3.63) is 12.3 Å². The molecule has 1 N–H and O–H groups in total. The molecule has 0 aromatic carbocycles. The molecule has 0 saturated heterocycles. The number of allylic oxidation sites excluding steroid dienone is 1. The highest BCUT2D eigenvalue weighted by Crippen LogP contribution is 2.20. The van der Waals surface area contributed by atoms with Crippen LogP contribution < -0.4 is 5.32 Å². The Labute approximate surface area is 120 Å². The number of hydrogen-bond acceptors (Lipinski definition) is 3. The minimum absolute atomic E-state index is 0.549. The summed E-state index contributed by atoms with van der Waals surface area (Å²) in [4.78, 5) is 0. The van der Waals surface area contributed by atoms with Crippen molar-refractivity contribution in [1.29, 1.82) is 0 Å². The monoisotopic (exact) mass is 274 g/mol. The topological polar surface area (TPSA) is 15.3 Å². The normalized spacial score (nSPS) is 9.94. The lowest BCUT2D eigenvalue weighted by molar-refractivity contribution is 0.574. The molecule has 0 aliphatic heterocycles. The molecule has 110 valence electrons. The van der Waals surface area contributed by atoms with Gasteiger partial charge in [-0.1, -0.05) is 59.1 Å². The number of nitrogens with one attached hydrogen (secondary N) is 1. The molecule has 18 heavy (non-hydrogen) atoms. The molecule has 0 radical (unpaired) electrons. The molecule has 0 aromatic rings. The third-order valence-electron chi connectivity index (χ3n) is 2.68. The highest BCUT2D eigenvalue weighted by molar-refractivity contribution is 7.97. The zero-order chi connectivity index (χ0) is 14.4. The van der Waals surface area contributed by atoms with Gasteiger partial charge in [0.15, 0.2) is 0 Å². The van der Waals surface area contributed by atoms with Crippen LogP contribution in [0.2, 0.25) is 0 Å².